The number of benzene rings is 1. The second kappa shape index (κ2) is 8.67. The van der Waals surface area contributed by atoms with E-state index in [9.17, 15) is 4.79 Å². The van der Waals surface area contributed by atoms with E-state index in [4.69, 9.17) is 4.98 Å². The Kier molecular flexibility index (Phi) is 6.01. The van der Waals surface area contributed by atoms with Gasteiger partial charge in [0.15, 0.2) is 10.8 Å². The molecule has 1 aliphatic heterocycles. The zero-order chi connectivity index (χ0) is 20.4. The lowest BCUT2D eigenvalue weighted by Gasteiger charge is -2.30. The van der Waals surface area contributed by atoms with Crippen molar-refractivity contribution in [2.45, 2.75) is 38.6 Å². The summed E-state index contributed by atoms with van der Waals surface area (Å²) in [5, 5.41) is 4.79. The van der Waals surface area contributed by atoms with Crippen LogP contribution in [0.25, 0.3) is 10.3 Å². The van der Waals surface area contributed by atoms with E-state index in [1.165, 1.54) is 36.5 Å². The van der Waals surface area contributed by atoms with E-state index in [2.05, 4.69) is 34.0 Å². The highest BCUT2D eigenvalue weighted by Crippen LogP contribution is 2.35. The molecule has 1 atom stereocenters. The van der Waals surface area contributed by atoms with Gasteiger partial charge in [0, 0.05) is 18.8 Å². The summed E-state index contributed by atoms with van der Waals surface area (Å²) in [6.07, 6.45) is 4.01. The molecule has 1 amide bonds. The lowest BCUT2D eigenvalue weighted by Crippen LogP contribution is -2.34. The Bertz CT molecular complexity index is 1040. The predicted molar refractivity (Wildman–Crippen MR) is 121 cm³/mol. The number of fused-ring (bicyclic) bond motifs is 1. The fourth-order valence-corrected chi connectivity index (χ4v) is 5.40. The Morgan fingerprint density at radius 2 is 2.17 bits per heavy atom. The standard InChI is InChI=1S/C21H25N5OS2/c1-13-5-4-8-26(10-13)21-25-19-18(29-21)20(23-12-22-19)28-11-17(27)24-16-7-6-14(2)15(3)9-16/h6-7,9,12-13H,4-5,8,10-11H2,1-3H3,(H,24,27)/t13-/m1/s1. The van der Waals surface area contributed by atoms with Crippen molar-refractivity contribution < 1.29 is 4.79 Å². The number of nitrogens with zero attached hydrogens (tertiary/aromatic N) is 4. The van der Waals surface area contributed by atoms with E-state index in [0.29, 0.717) is 11.7 Å². The van der Waals surface area contributed by atoms with Crippen LogP contribution in [0.1, 0.15) is 30.9 Å². The van der Waals surface area contributed by atoms with Crippen molar-refractivity contribution in [1.29, 1.82) is 0 Å². The maximum absolute atomic E-state index is 12.4. The number of thiazole rings is 1. The number of aryl methyl sites for hydroxylation is 2. The minimum Gasteiger partial charge on any atom is -0.348 e. The highest BCUT2D eigenvalue weighted by molar-refractivity contribution is 8.00. The van der Waals surface area contributed by atoms with Crippen LogP contribution in [-0.2, 0) is 4.79 Å². The van der Waals surface area contributed by atoms with Gasteiger partial charge in [-0.1, -0.05) is 36.1 Å². The number of hydrogen-bond acceptors (Lipinski definition) is 7. The van der Waals surface area contributed by atoms with Gasteiger partial charge in [0.05, 0.1) is 5.75 Å². The molecule has 0 aliphatic carbocycles. The minimum absolute atomic E-state index is 0.0420. The molecule has 0 unspecified atom stereocenters. The largest absolute Gasteiger partial charge is 0.348 e. The quantitative estimate of drug-likeness (QED) is 0.471. The van der Waals surface area contributed by atoms with Gasteiger partial charge in [0.25, 0.3) is 0 Å². The Balaban J connectivity index is 1.44. The van der Waals surface area contributed by atoms with Crippen molar-refractivity contribution in [2.24, 2.45) is 5.92 Å². The monoisotopic (exact) mass is 427 g/mol. The Morgan fingerprint density at radius 3 is 2.97 bits per heavy atom. The maximum atomic E-state index is 12.4. The van der Waals surface area contributed by atoms with Crippen LogP contribution >= 0.6 is 23.1 Å². The molecule has 1 N–H and O–H groups in total. The number of carbonyl (C=O) groups excluding carboxylic acids is 1. The third-order valence-electron chi connectivity index (χ3n) is 5.21. The van der Waals surface area contributed by atoms with Gasteiger partial charge < -0.3 is 10.2 Å². The fraction of sp³-hybridized carbons (Fsp3) is 0.429. The number of nitrogens with one attached hydrogen (secondary N) is 1. The number of piperidine rings is 1. The number of anilines is 2. The summed E-state index contributed by atoms with van der Waals surface area (Å²) >= 11 is 3.06. The van der Waals surface area contributed by atoms with Crippen LogP contribution in [0.3, 0.4) is 0 Å². The van der Waals surface area contributed by atoms with Gasteiger partial charge in [-0.15, -0.1) is 0 Å². The van der Waals surface area contributed by atoms with E-state index < -0.39 is 0 Å². The fourth-order valence-electron chi connectivity index (χ4n) is 3.47. The number of aromatic nitrogens is 3. The minimum atomic E-state index is -0.0420. The molecule has 6 nitrogen and oxygen atoms in total. The summed E-state index contributed by atoms with van der Waals surface area (Å²) in [4.78, 5) is 28.2. The summed E-state index contributed by atoms with van der Waals surface area (Å²) in [6, 6.07) is 5.95. The Morgan fingerprint density at radius 1 is 1.31 bits per heavy atom. The van der Waals surface area contributed by atoms with Gasteiger partial charge in [-0.2, -0.15) is 4.98 Å². The number of hydrogen-bond donors (Lipinski definition) is 1. The first-order valence-corrected chi connectivity index (χ1v) is 11.7. The van der Waals surface area contributed by atoms with Crippen molar-refractivity contribution >= 4 is 50.2 Å². The molecule has 152 valence electrons. The smallest absolute Gasteiger partial charge is 0.234 e. The number of rotatable bonds is 5. The van der Waals surface area contributed by atoms with E-state index in [1.807, 2.05) is 25.1 Å². The molecule has 1 aromatic carbocycles. The lowest BCUT2D eigenvalue weighted by molar-refractivity contribution is -0.113. The maximum Gasteiger partial charge on any atom is 0.234 e. The molecule has 3 heterocycles. The molecule has 1 saturated heterocycles. The summed E-state index contributed by atoms with van der Waals surface area (Å²) in [5.41, 5.74) is 3.92. The van der Waals surface area contributed by atoms with E-state index in [-0.39, 0.29) is 5.91 Å². The van der Waals surface area contributed by atoms with E-state index in [1.54, 1.807) is 11.3 Å². The molecule has 29 heavy (non-hydrogen) atoms. The van der Waals surface area contributed by atoms with Crippen molar-refractivity contribution in [2.75, 3.05) is 29.1 Å². The summed E-state index contributed by atoms with van der Waals surface area (Å²) < 4.78 is 0.963. The second-order valence-corrected chi connectivity index (χ2v) is 9.60. The normalized spacial score (nSPS) is 16.9. The molecule has 0 radical (unpaired) electrons. The van der Waals surface area contributed by atoms with Crippen molar-refractivity contribution in [3.05, 3.63) is 35.7 Å². The molecular formula is C21H25N5OS2. The number of thioether (sulfide) groups is 1. The van der Waals surface area contributed by atoms with Crippen LogP contribution in [0.2, 0.25) is 0 Å². The van der Waals surface area contributed by atoms with Crippen molar-refractivity contribution in [3.8, 4) is 0 Å². The third-order valence-corrected chi connectivity index (χ3v) is 7.44. The lowest BCUT2D eigenvalue weighted by atomic mass is 10.0. The number of carbonyl (C=O) groups is 1. The average Bonchev–Trinajstić information content (AvgIpc) is 3.14. The van der Waals surface area contributed by atoms with Crippen LogP contribution < -0.4 is 10.2 Å². The van der Waals surface area contributed by atoms with Crippen LogP contribution in [0.4, 0.5) is 10.8 Å². The van der Waals surface area contributed by atoms with Gasteiger partial charge in [0.2, 0.25) is 5.91 Å². The SMILES string of the molecule is Cc1ccc(NC(=O)CSc2ncnc3nc(N4CCC[C@@H](C)C4)sc23)cc1C. The van der Waals surface area contributed by atoms with Crippen molar-refractivity contribution in [1.82, 2.24) is 15.0 Å². The van der Waals surface area contributed by atoms with Crippen molar-refractivity contribution in [3.63, 3.8) is 0 Å². The zero-order valence-electron chi connectivity index (χ0n) is 16.9. The first-order chi connectivity index (χ1) is 14.0. The highest BCUT2D eigenvalue weighted by atomic mass is 32.2. The predicted octanol–water partition coefficient (Wildman–Crippen LogP) is 4.67. The molecule has 2 aromatic heterocycles. The van der Waals surface area contributed by atoms with Gasteiger partial charge in [-0.25, -0.2) is 9.97 Å². The Hall–Kier alpha value is -2.19. The van der Waals surface area contributed by atoms with E-state index >= 15 is 0 Å². The molecule has 4 rings (SSSR count). The first kappa shape index (κ1) is 20.1. The molecule has 1 fully saturated rings. The average molecular weight is 428 g/mol. The zero-order valence-corrected chi connectivity index (χ0v) is 18.6. The molecule has 0 bridgehead atoms. The van der Waals surface area contributed by atoms with Crippen LogP contribution in [0, 0.1) is 19.8 Å². The topological polar surface area (TPSA) is 71.0 Å². The van der Waals surface area contributed by atoms with Gasteiger partial charge in [-0.05, 0) is 55.9 Å². The van der Waals surface area contributed by atoms with Crippen LogP contribution in [0.15, 0.2) is 29.6 Å². The van der Waals surface area contributed by atoms with E-state index in [0.717, 1.165) is 44.8 Å². The van der Waals surface area contributed by atoms with Crippen LogP contribution in [0.5, 0.6) is 0 Å². The molecule has 1 aliphatic rings. The number of amides is 1. The molecule has 0 spiro atoms. The highest BCUT2D eigenvalue weighted by Gasteiger charge is 2.21. The molecule has 8 heteroatoms. The molecule has 0 saturated carbocycles. The third kappa shape index (κ3) is 4.70. The second-order valence-electron chi connectivity index (χ2n) is 7.66. The summed E-state index contributed by atoms with van der Waals surface area (Å²) in [7, 11) is 0. The molecule has 3 aromatic rings. The molecular weight excluding hydrogens is 402 g/mol. The van der Waals surface area contributed by atoms with Gasteiger partial charge >= 0.3 is 0 Å². The Labute approximate surface area is 179 Å². The van der Waals surface area contributed by atoms with Gasteiger partial charge in [-0.3, -0.25) is 4.79 Å². The summed E-state index contributed by atoms with van der Waals surface area (Å²) in [5.74, 6) is 0.942. The summed E-state index contributed by atoms with van der Waals surface area (Å²) in [6.45, 7) is 8.47. The van der Waals surface area contributed by atoms with Gasteiger partial charge in [0.1, 0.15) is 16.1 Å². The first-order valence-electron chi connectivity index (χ1n) is 9.86. The van der Waals surface area contributed by atoms with Crippen LogP contribution in [-0.4, -0.2) is 39.7 Å².